The molecule has 0 saturated heterocycles. The van der Waals surface area contributed by atoms with E-state index in [-0.39, 0.29) is 22.9 Å². The largest absolute Gasteiger partial charge is 0.365 e. The smallest absolute Gasteiger partial charge is 0.256 e. The number of carbonyl (C=O) groups is 1. The van der Waals surface area contributed by atoms with E-state index in [2.05, 4.69) is 14.9 Å². The third-order valence-electron chi connectivity index (χ3n) is 2.86. The first-order chi connectivity index (χ1) is 10.4. The summed E-state index contributed by atoms with van der Waals surface area (Å²) >= 11 is 0. The van der Waals surface area contributed by atoms with Gasteiger partial charge in [0.25, 0.3) is 11.8 Å². The second-order valence-electron chi connectivity index (χ2n) is 4.59. The Morgan fingerprint density at radius 3 is 2.77 bits per heavy atom. The summed E-state index contributed by atoms with van der Waals surface area (Å²) in [6.45, 7) is 1.87. The number of unbranched alkanes of at least 4 members (excludes halogenated alkanes) is 1. The number of carbonyl (C=O) groups excluding carboxylic acids is 1. The van der Waals surface area contributed by atoms with E-state index < -0.39 is 15.9 Å². The highest BCUT2D eigenvalue weighted by molar-refractivity contribution is 7.92. The summed E-state index contributed by atoms with van der Waals surface area (Å²) in [4.78, 5) is 15.7. The molecule has 3 N–H and O–H groups in total. The number of aromatic nitrogens is 2. The highest BCUT2D eigenvalue weighted by Gasteiger charge is 2.25. The lowest BCUT2D eigenvalue weighted by Crippen LogP contribution is -2.20. The van der Waals surface area contributed by atoms with Crippen LogP contribution in [-0.4, -0.2) is 30.2 Å². The molecule has 1 amide bonds. The van der Waals surface area contributed by atoms with Gasteiger partial charge in [0.05, 0.1) is 11.4 Å². The molecule has 0 unspecified atom stereocenters. The number of nitrogens with two attached hydrogens (primary N) is 1. The molecule has 2 aromatic rings. The zero-order valence-corrected chi connectivity index (χ0v) is 12.8. The predicted molar refractivity (Wildman–Crippen MR) is 80.6 cm³/mol. The fourth-order valence-corrected chi connectivity index (χ4v) is 2.99. The van der Waals surface area contributed by atoms with E-state index in [0.29, 0.717) is 12.1 Å². The molecular weight excluding hydrogens is 308 g/mol. The molecular formula is C13H16N4O4S. The van der Waals surface area contributed by atoms with E-state index in [1.54, 1.807) is 18.2 Å². The monoisotopic (exact) mass is 324 g/mol. The lowest BCUT2D eigenvalue weighted by Gasteiger charge is -2.05. The molecule has 2 heterocycles. The van der Waals surface area contributed by atoms with Crippen molar-refractivity contribution < 1.29 is 17.7 Å². The molecule has 2 aromatic heterocycles. The van der Waals surface area contributed by atoms with Crippen LogP contribution in [0.25, 0.3) is 11.4 Å². The van der Waals surface area contributed by atoms with E-state index >= 15 is 0 Å². The number of rotatable bonds is 7. The number of hydrogen-bond acceptors (Lipinski definition) is 6. The van der Waals surface area contributed by atoms with Crippen molar-refractivity contribution in [2.45, 2.75) is 19.8 Å². The lowest BCUT2D eigenvalue weighted by atomic mass is 10.1. The van der Waals surface area contributed by atoms with Crippen molar-refractivity contribution in [2.24, 2.45) is 5.73 Å². The Balaban J connectivity index is 2.38. The molecule has 0 aliphatic carbocycles. The number of nitrogens with one attached hydrogen (secondary N) is 1. The predicted octanol–water partition coefficient (Wildman–Crippen LogP) is 1.38. The van der Waals surface area contributed by atoms with Gasteiger partial charge in [-0.25, -0.2) is 8.42 Å². The first-order valence-electron chi connectivity index (χ1n) is 6.66. The molecule has 0 aromatic carbocycles. The van der Waals surface area contributed by atoms with Crippen molar-refractivity contribution >= 4 is 21.8 Å². The zero-order valence-electron chi connectivity index (χ0n) is 11.9. The van der Waals surface area contributed by atoms with E-state index in [1.165, 1.54) is 6.20 Å². The van der Waals surface area contributed by atoms with Crippen LogP contribution in [0.4, 0.5) is 5.88 Å². The number of nitrogens with zero attached hydrogens (tertiary/aromatic N) is 2. The van der Waals surface area contributed by atoms with Crippen molar-refractivity contribution in [3.8, 4) is 11.4 Å². The Morgan fingerprint density at radius 1 is 1.41 bits per heavy atom. The number of amides is 1. The first-order valence-corrected chi connectivity index (χ1v) is 8.31. The molecule has 0 aliphatic heterocycles. The summed E-state index contributed by atoms with van der Waals surface area (Å²) in [7, 11) is -3.63. The second kappa shape index (κ2) is 6.56. The maximum absolute atomic E-state index is 11.9. The molecule has 118 valence electrons. The normalized spacial score (nSPS) is 11.3. The molecule has 22 heavy (non-hydrogen) atoms. The van der Waals surface area contributed by atoms with Crippen LogP contribution in [-0.2, 0) is 10.0 Å². The minimum Gasteiger partial charge on any atom is -0.365 e. The molecule has 0 bridgehead atoms. The minimum absolute atomic E-state index is 0.0820. The van der Waals surface area contributed by atoms with Crippen molar-refractivity contribution in [3.05, 3.63) is 30.0 Å². The highest BCUT2D eigenvalue weighted by Crippen LogP contribution is 2.27. The molecule has 0 spiro atoms. The molecule has 2 rings (SSSR count). The van der Waals surface area contributed by atoms with Gasteiger partial charge in [-0.1, -0.05) is 24.6 Å². The van der Waals surface area contributed by atoms with Crippen LogP contribution in [0.1, 0.15) is 30.1 Å². The Hall–Kier alpha value is -2.42. The fourth-order valence-electron chi connectivity index (χ4n) is 1.79. The van der Waals surface area contributed by atoms with Crippen LogP contribution < -0.4 is 10.5 Å². The number of hydrogen-bond donors (Lipinski definition) is 2. The molecule has 0 aliphatic rings. The summed E-state index contributed by atoms with van der Waals surface area (Å²) in [5, 5.41) is 3.71. The van der Waals surface area contributed by atoms with Gasteiger partial charge in [0.2, 0.25) is 10.0 Å². The topological polar surface area (TPSA) is 128 Å². The van der Waals surface area contributed by atoms with Gasteiger partial charge in [-0.15, -0.1) is 0 Å². The van der Waals surface area contributed by atoms with Crippen LogP contribution in [0.3, 0.4) is 0 Å². The Kier molecular flexibility index (Phi) is 4.76. The van der Waals surface area contributed by atoms with Crippen LogP contribution in [0, 0.1) is 0 Å². The number of primary amides is 1. The van der Waals surface area contributed by atoms with Crippen LogP contribution in [0.2, 0.25) is 0 Å². The van der Waals surface area contributed by atoms with Crippen LogP contribution >= 0.6 is 0 Å². The summed E-state index contributed by atoms with van der Waals surface area (Å²) in [5.41, 5.74) is 5.63. The maximum atomic E-state index is 11.9. The maximum Gasteiger partial charge on any atom is 0.256 e. The van der Waals surface area contributed by atoms with Gasteiger partial charge in [0.1, 0.15) is 11.3 Å². The number of anilines is 1. The van der Waals surface area contributed by atoms with Crippen molar-refractivity contribution in [1.29, 1.82) is 0 Å². The SMILES string of the molecule is CCCCS(=O)(=O)Nc1onc(-c2ccccn2)c1C(N)=O. The lowest BCUT2D eigenvalue weighted by molar-refractivity contribution is 0.100. The van der Waals surface area contributed by atoms with Gasteiger partial charge in [0, 0.05) is 6.20 Å². The van der Waals surface area contributed by atoms with Gasteiger partial charge in [-0.2, -0.15) is 0 Å². The second-order valence-corrected chi connectivity index (χ2v) is 6.43. The molecule has 0 atom stereocenters. The third-order valence-corrected chi connectivity index (χ3v) is 4.18. The molecule has 9 heteroatoms. The summed E-state index contributed by atoms with van der Waals surface area (Å²) < 4.78 is 31.0. The highest BCUT2D eigenvalue weighted by atomic mass is 32.2. The third kappa shape index (κ3) is 3.61. The van der Waals surface area contributed by atoms with E-state index in [0.717, 1.165) is 6.42 Å². The van der Waals surface area contributed by atoms with Gasteiger partial charge >= 0.3 is 0 Å². The Morgan fingerprint density at radius 2 is 2.18 bits per heavy atom. The van der Waals surface area contributed by atoms with E-state index in [1.807, 2.05) is 6.92 Å². The van der Waals surface area contributed by atoms with E-state index in [9.17, 15) is 13.2 Å². The van der Waals surface area contributed by atoms with Gasteiger partial charge in [-0.05, 0) is 18.6 Å². The van der Waals surface area contributed by atoms with Crippen molar-refractivity contribution in [3.63, 3.8) is 0 Å². The molecule has 0 fully saturated rings. The molecule has 0 radical (unpaired) electrons. The van der Waals surface area contributed by atoms with Gasteiger partial charge in [0.15, 0.2) is 0 Å². The van der Waals surface area contributed by atoms with Crippen LogP contribution in [0.15, 0.2) is 28.9 Å². The Labute approximate surface area is 127 Å². The van der Waals surface area contributed by atoms with Crippen LogP contribution in [0.5, 0.6) is 0 Å². The Bertz CT molecular complexity index is 756. The average molecular weight is 324 g/mol. The fraction of sp³-hybridized carbons (Fsp3) is 0.308. The van der Waals surface area contributed by atoms with Gasteiger partial charge in [-0.3, -0.25) is 14.5 Å². The van der Waals surface area contributed by atoms with Crippen molar-refractivity contribution in [1.82, 2.24) is 10.1 Å². The molecule has 8 nitrogen and oxygen atoms in total. The summed E-state index contributed by atoms with van der Waals surface area (Å²) in [6, 6.07) is 5.01. The summed E-state index contributed by atoms with van der Waals surface area (Å²) in [6.07, 6.45) is 2.72. The number of pyridine rings is 1. The summed E-state index contributed by atoms with van der Waals surface area (Å²) in [5.74, 6) is -1.22. The average Bonchev–Trinajstić information content (AvgIpc) is 2.89. The standard InChI is InChI=1S/C13H16N4O4S/c1-2-3-8-22(19,20)17-13-10(12(14)18)11(16-21-13)9-6-4-5-7-15-9/h4-7,17H,2-3,8H2,1H3,(H2,14,18). The number of sulfonamides is 1. The van der Waals surface area contributed by atoms with Crippen molar-refractivity contribution in [2.75, 3.05) is 10.5 Å². The molecule has 0 saturated carbocycles. The minimum atomic E-state index is -3.63. The van der Waals surface area contributed by atoms with E-state index in [4.69, 9.17) is 10.3 Å². The zero-order chi connectivity index (χ0) is 16.2. The first kappa shape index (κ1) is 16.0. The van der Waals surface area contributed by atoms with Gasteiger partial charge < -0.3 is 10.3 Å². The quantitative estimate of drug-likeness (QED) is 0.791.